The predicted octanol–water partition coefficient (Wildman–Crippen LogP) is 4.19. The number of benzene rings is 1. The maximum absolute atomic E-state index is 13.4. The van der Waals surface area contributed by atoms with E-state index in [-0.39, 0.29) is 17.5 Å². The zero-order valence-electron chi connectivity index (χ0n) is 18.2. The molecule has 0 bridgehead atoms. The number of hydrogen-bond donors (Lipinski definition) is 0. The van der Waals surface area contributed by atoms with E-state index in [1.165, 1.54) is 0 Å². The van der Waals surface area contributed by atoms with Gasteiger partial charge in [-0.05, 0) is 56.7 Å². The number of amides is 1. The van der Waals surface area contributed by atoms with Crippen molar-refractivity contribution in [2.24, 2.45) is 0 Å². The summed E-state index contributed by atoms with van der Waals surface area (Å²) in [7, 11) is 0. The molecule has 1 amide bonds. The van der Waals surface area contributed by atoms with Crippen LogP contribution in [0.2, 0.25) is 5.02 Å². The zero-order valence-corrected chi connectivity index (χ0v) is 19.0. The summed E-state index contributed by atoms with van der Waals surface area (Å²) in [6, 6.07) is 9.14. The topological polar surface area (TPSA) is 65.1 Å². The Morgan fingerprint density at radius 3 is 2.66 bits per heavy atom. The summed E-state index contributed by atoms with van der Waals surface area (Å²) >= 11 is 6.28. The highest BCUT2D eigenvalue weighted by molar-refractivity contribution is 6.31. The SMILES string of the molecule is CCn1cc(C(C)N2CCn3c(ccc(-n4cnc(C)c4)c3=O)C2=O)c2cc(Cl)ccc21. The Balaban J connectivity index is 1.53. The molecule has 1 atom stereocenters. The van der Waals surface area contributed by atoms with Crippen LogP contribution < -0.4 is 5.56 Å². The van der Waals surface area contributed by atoms with Gasteiger partial charge in [0.1, 0.15) is 11.4 Å². The zero-order chi connectivity index (χ0) is 22.6. The van der Waals surface area contributed by atoms with Gasteiger partial charge in [0, 0.05) is 48.0 Å². The van der Waals surface area contributed by atoms with Gasteiger partial charge in [-0.3, -0.25) is 9.59 Å². The first-order valence-electron chi connectivity index (χ1n) is 10.7. The first-order chi connectivity index (χ1) is 15.4. The average Bonchev–Trinajstić information content (AvgIpc) is 3.37. The van der Waals surface area contributed by atoms with Crippen LogP contribution in [-0.2, 0) is 13.1 Å². The third kappa shape index (κ3) is 3.15. The highest BCUT2D eigenvalue weighted by atomic mass is 35.5. The molecule has 8 heteroatoms. The van der Waals surface area contributed by atoms with Crippen molar-refractivity contribution in [3.8, 4) is 5.69 Å². The van der Waals surface area contributed by atoms with E-state index in [9.17, 15) is 9.59 Å². The average molecular weight is 450 g/mol. The molecule has 4 aromatic rings. The lowest BCUT2D eigenvalue weighted by molar-refractivity contribution is 0.0629. The Morgan fingerprint density at radius 2 is 1.94 bits per heavy atom. The van der Waals surface area contributed by atoms with Crippen LogP contribution >= 0.6 is 11.6 Å². The summed E-state index contributed by atoms with van der Waals surface area (Å²) in [5.74, 6) is -0.145. The van der Waals surface area contributed by atoms with Crippen molar-refractivity contribution >= 4 is 28.4 Å². The molecular weight excluding hydrogens is 426 g/mol. The summed E-state index contributed by atoms with van der Waals surface area (Å²) < 4.78 is 5.44. The minimum Gasteiger partial charge on any atom is -0.347 e. The van der Waals surface area contributed by atoms with Crippen LogP contribution in [-0.4, -0.2) is 36.0 Å². The van der Waals surface area contributed by atoms with Crippen molar-refractivity contribution in [3.63, 3.8) is 0 Å². The minimum absolute atomic E-state index is 0.145. The molecule has 7 nitrogen and oxygen atoms in total. The standard InChI is InChI=1S/C24H24ClN5O2/c1-4-27-13-19(18-11-17(25)5-6-20(18)27)16(3)29-9-10-30-22(24(29)32)8-7-21(23(30)31)28-12-15(2)26-14-28/h5-8,11-14,16H,4,9-10H2,1-3H3. The normalized spacial score (nSPS) is 14.8. The summed E-state index contributed by atoms with van der Waals surface area (Å²) in [4.78, 5) is 32.6. The van der Waals surface area contributed by atoms with Gasteiger partial charge in [0.2, 0.25) is 0 Å². The van der Waals surface area contributed by atoms with Gasteiger partial charge in [0.25, 0.3) is 11.5 Å². The maximum atomic E-state index is 13.4. The first-order valence-corrected chi connectivity index (χ1v) is 11.1. The Kier molecular flexibility index (Phi) is 4.93. The predicted molar refractivity (Wildman–Crippen MR) is 125 cm³/mol. The third-order valence-electron chi connectivity index (χ3n) is 6.32. The van der Waals surface area contributed by atoms with Gasteiger partial charge in [-0.25, -0.2) is 4.98 Å². The summed E-state index contributed by atoms with van der Waals surface area (Å²) in [5, 5.41) is 1.72. The fraction of sp³-hybridized carbons (Fsp3) is 0.292. The molecule has 4 heterocycles. The molecule has 3 aromatic heterocycles. The minimum atomic E-state index is -0.185. The summed E-state index contributed by atoms with van der Waals surface area (Å²) in [5.41, 5.74) is 3.69. The lowest BCUT2D eigenvalue weighted by atomic mass is 10.0. The van der Waals surface area contributed by atoms with Crippen molar-refractivity contribution in [1.29, 1.82) is 0 Å². The lowest BCUT2D eigenvalue weighted by Gasteiger charge is -2.34. The number of imidazole rings is 1. The van der Waals surface area contributed by atoms with E-state index < -0.39 is 0 Å². The second-order valence-corrected chi connectivity index (χ2v) is 8.63. The summed E-state index contributed by atoms with van der Waals surface area (Å²) in [6.07, 6.45) is 5.52. The van der Waals surface area contributed by atoms with Gasteiger partial charge in [0.05, 0.1) is 18.1 Å². The molecule has 0 saturated heterocycles. The van der Waals surface area contributed by atoms with Gasteiger partial charge in [-0.2, -0.15) is 0 Å². The van der Waals surface area contributed by atoms with Crippen LogP contribution in [0.25, 0.3) is 16.6 Å². The first kappa shape index (κ1) is 20.6. The van der Waals surface area contributed by atoms with E-state index in [0.717, 1.165) is 28.7 Å². The molecule has 1 aliphatic rings. The van der Waals surface area contributed by atoms with E-state index in [4.69, 9.17) is 11.6 Å². The van der Waals surface area contributed by atoms with Gasteiger partial charge < -0.3 is 18.6 Å². The van der Waals surface area contributed by atoms with Crippen LogP contribution in [0.4, 0.5) is 0 Å². The molecule has 1 aliphatic heterocycles. The highest BCUT2D eigenvalue weighted by Gasteiger charge is 2.31. The Bertz CT molecular complexity index is 1410. The van der Waals surface area contributed by atoms with Crippen molar-refractivity contribution in [3.05, 3.63) is 81.4 Å². The molecule has 1 aromatic carbocycles. The molecule has 1 unspecified atom stereocenters. The van der Waals surface area contributed by atoms with Crippen LogP contribution in [0.5, 0.6) is 0 Å². The van der Waals surface area contributed by atoms with Crippen molar-refractivity contribution in [2.45, 2.75) is 39.9 Å². The smallest absolute Gasteiger partial charge is 0.275 e. The molecule has 0 saturated carbocycles. The lowest BCUT2D eigenvalue weighted by Crippen LogP contribution is -2.45. The van der Waals surface area contributed by atoms with Crippen LogP contribution in [0, 0.1) is 6.92 Å². The van der Waals surface area contributed by atoms with Crippen molar-refractivity contribution in [1.82, 2.24) is 23.6 Å². The van der Waals surface area contributed by atoms with E-state index in [2.05, 4.69) is 22.7 Å². The Hall–Kier alpha value is -3.32. The van der Waals surface area contributed by atoms with Gasteiger partial charge in [-0.1, -0.05) is 11.6 Å². The highest BCUT2D eigenvalue weighted by Crippen LogP contribution is 2.33. The molecule has 0 spiro atoms. The molecule has 0 aliphatic carbocycles. The maximum Gasteiger partial charge on any atom is 0.275 e. The number of carbonyl (C=O) groups is 1. The second-order valence-electron chi connectivity index (χ2n) is 8.19. The molecule has 0 fully saturated rings. The number of hydrogen-bond acceptors (Lipinski definition) is 3. The van der Waals surface area contributed by atoms with Gasteiger partial charge in [0.15, 0.2) is 0 Å². The van der Waals surface area contributed by atoms with Crippen molar-refractivity contribution in [2.75, 3.05) is 6.54 Å². The monoisotopic (exact) mass is 449 g/mol. The molecule has 0 N–H and O–H groups in total. The fourth-order valence-electron chi connectivity index (χ4n) is 4.61. The molecule has 32 heavy (non-hydrogen) atoms. The number of fused-ring (bicyclic) bond motifs is 2. The van der Waals surface area contributed by atoms with E-state index in [0.29, 0.717) is 29.5 Å². The van der Waals surface area contributed by atoms with Crippen molar-refractivity contribution < 1.29 is 4.79 Å². The van der Waals surface area contributed by atoms with E-state index in [1.54, 1.807) is 33.8 Å². The Labute approximate surface area is 190 Å². The Morgan fingerprint density at radius 1 is 1.12 bits per heavy atom. The second kappa shape index (κ2) is 7.67. The number of nitrogens with zero attached hydrogens (tertiary/aromatic N) is 5. The number of aromatic nitrogens is 4. The number of rotatable bonds is 4. The fourth-order valence-corrected chi connectivity index (χ4v) is 4.78. The van der Waals surface area contributed by atoms with E-state index in [1.807, 2.05) is 36.9 Å². The number of aryl methyl sites for hydroxylation is 2. The van der Waals surface area contributed by atoms with Gasteiger partial charge in [-0.15, -0.1) is 0 Å². The molecular formula is C24H24ClN5O2. The van der Waals surface area contributed by atoms with Crippen LogP contribution in [0.1, 0.15) is 41.6 Å². The van der Waals surface area contributed by atoms with Crippen LogP contribution in [0.3, 0.4) is 0 Å². The number of pyridine rings is 1. The summed E-state index contributed by atoms with van der Waals surface area (Å²) in [6.45, 7) is 7.73. The van der Waals surface area contributed by atoms with E-state index >= 15 is 0 Å². The number of carbonyl (C=O) groups excluding carboxylic acids is 1. The molecule has 5 rings (SSSR count). The third-order valence-corrected chi connectivity index (χ3v) is 6.56. The molecule has 0 radical (unpaired) electrons. The largest absolute Gasteiger partial charge is 0.347 e. The van der Waals surface area contributed by atoms with Gasteiger partial charge >= 0.3 is 0 Å². The number of halogens is 1. The van der Waals surface area contributed by atoms with Crippen LogP contribution in [0.15, 0.2) is 53.8 Å². The quantitative estimate of drug-likeness (QED) is 0.469. The molecule has 164 valence electrons.